The minimum Gasteiger partial charge on any atom is -0.358 e. The van der Waals surface area contributed by atoms with Gasteiger partial charge in [-0.1, -0.05) is 24.6 Å². The second kappa shape index (κ2) is 5.38. The molecule has 102 valence electrons. The van der Waals surface area contributed by atoms with Crippen molar-refractivity contribution in [2.45, 2.75) is 45.6 Å². The summed E-state index contributed by atoms with van der Waals surface area (Å²) in [7, 11) is 0. The van der Waals surface area contributed by atoms with Gasteiger partial charge in [-0.15, -0.1) is 0 Å². The lowest BCUT2D eigenvalue weighted by molar-refractivity contribution is 0.163. The van der Waals surface area contributed by atoms with Gasteiger partial charge in [0.15, 0.2) is 0 Å². The number of aromatic amines is 1. The van der Waals surface area contributed by atoms with Crippen molar-refractivity contribution in [3.05, 3.63) is 35.5 Å². The first-order valence-electron chi connectivity index (χ1n) is 7.56. The number of likely N-dealkylation sites (tertiary alicyclic amines) is 1. The second-order valence-electron chi connectivity index (χ2n) is 5.90. The molecule has 3 rings (SSSR count). The molecule has 1 atom stereocenters. The van der Waals surface area contributed by atoms with Crippen molar-refractivity contribution >= 4 is 10.9 Å². The van der Waals surface area contributed by atoms with E-state index in [2.05, 4.69) is 48.0 Å². The van der Waals surface area contributed by atoms with Gasteiger partial charge in [-0.3, -0.25) is 0 Å². The third-order valence-electron chi connectivity index (χ3n) is 4.62. The Morgan fingerprint density at radius 2 is 2.11 bits per heavy atom. The van der Waals surface area contributed by atoms with Crippen LogP contribution in [0.3, 0.4) is 0 Å². The third kappa shape index (κ3) is 2.55. The summed E-state index contributed by atoms with van der Waals surface area (Å²) in [5, 5.41) is 1.41. The number of para-hydroxylation sites is 1. The summed E-state index contributed by atoms with van der Waals surface area (Å²) in [6, 6.07) is 9.43. The molecule has 2 nitrogen and oxygen atoms in total. The monoisotopic (exact) mass is 256 g/mol. The summed E-state index contributed by atoms with van der Waals surface area (Å²) in [5.41, 5.74) is 4.13. The highest BCUT2D eigenvalue weighted by molar-refractivity contribution is 5.84. The van der Waals surface area contributed by atoms with Crippen molar-refractivity contribution in [3.8, 4) is 0 Å². The minimum absolute atomic E-state index is 0.763. The summed E-state index contributed by atoms with van der Waals surface area (Å²) in [6.45, 7) is 7.06. The molecule has 19 heavy (non-hydrogen) atoms. The third-order valence-corrected chi connectivity index (χ3v) is 4.62. The molecule has 1 aromatic heterocycles. The smallest absolute Gasteiger partial charge is 0.0458 e. The van der Waals surface area contributed by atoms with Gasteiger partial charge in [0.2, 0.25) is 0 Å². The van der Waals surface area contributed by atoms with Crippen LogP contribution in [0, 0.1) is 6.92 Å². The van der Waals surface area contributed by atoms with E-state index in [0.29, 0.717) is 0 Å². The molecule has 2 heteroatoms. The number of hydrogen-bond acceptors (Lipinski definition) is 1. The standard InChI is InChI=1S/C17H24N2/c1-13-7-5-6-11-19(13)12-10-15-14(2)18-17-9-4-3-8-16(15)17/h3-4,8-9,13,18H,5-7,10-12H2,1-2H3. The van der Waals surface area contributed by atoms with Gasteiger partial charge in [-0.25, -0.2) is 0 Å². The fraction of sp³-hybridized carbons (Fsp3) is 0.529. The lowest BCUT2D eigenvalue weighted by Gasteiger charge is -2.33. The Hall–Kier alpha value is -1.28. The van der Waals surface area contributed by atoms with Gasteiger partial charge in [0.25, 0.3) is 0 Å². The number of hydrogen-bond donors (Lipinski definition) is 1. The van der Waals surface area contributed by atoms with Crippen LogP contribution in [0.5, 0.6) is 0 Å². The lowest BCUT2D eigenvalue weighted by Crippen LogP contribution is -2.38. The summed E-state index contributed by atoms with van der Waals surface area (Å²) in [6.07, 6.45) is 5.31. The molecule has 1 fully saturated rings. The van der Waals surface area contributed by atoms with E-state index in [1.807, 2.05) is 0 Å². The normalized spacial score (nSPS) is 21.1. The fourth-order valence-corrected chi connectivity index (χ4v) is 3.40. The maximum absolute atomic E-state index is 3.51. The van der Waals surface area contributed by atoms with Crippen molar-refractivity contribution in [2.24, 2.45) is 0 Å². The molecule has 1 unspecified atom stereocenters. The molecule has 1 aromatic carbocycles. The van der Waals surface area contributed by atoms with Crippen LogP contribution in [0.2, 0.25) is 0 Å². The Kier molecular flexibility index (Phi) is 3.61. The first kappa shape index (κ1) is 12.7. The maximum atomic E-state index is 3.51. The molecule has 1 saturated heterocycles. The largest absolute Gasteiger partial charge is 0.358 e. The van der Waals surface area contributed by atoms with E-state index in [4.69, 9.17) is 0 Å². The average molecular weight is 256 g/mol. The van der Waals surface area contributed by atoms with Gasteiger partial charge in [-0.2, -0.15) is 0 Å². The number of rotatable bonds is 3. The van der Waals surface area contributed by atoms with Gasteiger partial charge < -0.3 is 9.88 Å². The average Bonchev–Trinajstić information content (AvgIpc) is 2.74. The molecule has 1 aliphatic heterocycles. The quantitative estimate of drug-likeness (QED) is 0.882. The Labute approximate surface area is 115 Å². The van der Waals surface area contributed by atoms with Gasteiger partial charge in [-0.05, 0) is 51.3 Å². The maximum Gasteiger partial charge on any atom is 0.0458 e. The molecule has 0 spiro atoms. The molecule has 0 saturated carbocycles. The number of aromatic nitrogens is 1. The zero-order valence-corrected chi connectivity index (χ0v) is 12.1. The van der Waals surface area contributed by atoms with Crippen LogP contribution < -0.4 is 0 Å². The van der Waals surface area contributed by atoms with Gasteiger partial charge in [0.05, 0.1) is 0 Å². The Balaban J connectivity index is 1.76. The van der Waals surface area contributed by atoms with E-state index >= 15 is 0 Å². The molecule has 0 amide bonds. The molecule has 0 radical (unpaired) electrons. The van der Waals surface area contributed by atoms with Crippen LogP contribution in [0.4, 0.5) is 0 Å². The van der Waals surface area contributed by atoms with Crippen molar-refractivity contribution in [1.29, 1.82) is 0 Å². The van der Waals surface area contributed by atoms with Crippen molar-refractivity contribution in [2.75, 3.05) is 13.1 Å². The molecule has 2 aromatic rings. The zero-order valence-electron chi connectivity index (χ0n) is 12.1. The predicted molar refractivity (Wildman–Crippen MR) is 81.6 cm³/mol. The van der Waals surface area contributed by atoms with Gasteiger partial charge >= 0.3 is 0 Å². The van der Waals surface area contributed by atoms with Gasteiger partial charge in [0.1, 0.15) is 0 Å². The molecule has 2 heterocycles. The predicted octanol–water partition coefficient (Wildman–Crippen LogP) is 3.89. The number of H-pyrrole nitrogens is 1. The van der Waals surface area contributed by atoms with E-state index < -0.39 is 0 Å². The molecule has 1 aliphatic rings. The van der Waals surface area contributed by atoms with E-state index in [-0.39, 0.29) is 0 Å². The fourth-order valence-electron chi connectivity index (χ4n) is 3.40. The van der Waals surface area contributed by atoms with E-state index in [9.17, 15) is 0 Å². The first-order chi connectivity index (χ1) is 9.25. The number of benzene rings is 1. The van der Waals surface area contributed by atoms with Gasteiger partial charge in [0, 0.05) is 29.2 Å². The Morgan fingerprint density at radius 3 is 2.95 bits per heavy atom. The number of piperidine rings is 1. The first-order valence-corrected chi connectivity index (χ1v) is 7.56. The Bertz CT molecular complexity index is 555. The van der Waals surface area contributed by atoms with E-state index in [0.717, 1.165) is 6.04 Å². The van der Waals surface area contributed by atoms with Crippen LogP contribution in [0.15, 0.2) is 24.3 Å². The Morgan fingerprint density at radius 1 is 1.26 bits per heavy atom. The van der Waals surface area contributed by atoms with E-state index in [1.54, 1.807) is 0 Å². The van der Waals surface area contributed by atoms with Crippen molar-refractivity contribution in [1.82, 2.24) is 9.88 Å². The number of nitrogens with one attached hydrogen (secondary N) is 1. The van der Waals surface area contributed by atoms with Crippen LogP contribution in [0.25, 0.3) is 10.9 Å². The summed E-state index contributed by atoms with van der Waals surface area (Å²) in [4.78, 5) is 6.16. The highest BCUT2D eigenvalue weighted by Crippen LogP contribution is 2.23. The number of nitrogens with zero attached hydrogens (tertiary/aromatic N) is 1. The topological polar surface area (TPSA) is 19.0 Å². The molecule has 0 bridgehead atoms. The van der Waals surface area contributed by atoms with Crippen LogP contribution >= 0.6 is 0 Å². The van der Waals surface area contributed by atoms with Crippen LogP contribution in [-0.4, -0.2) is 29.0 Å². The van der Waals surface area contributed by atoms with E-state index in [1.165, 1.54) is 60.9 Å². The molecule has 1 N–H and O–H groups in total. The lowest BCUT2D eigenvalue weighted by atomic mass is 10.0. The highest BCUT2D eigenvalue weighted by atomic mass is 15.2. The van der Waals surface area contributed by atoms with Crippen LogP contribution in [-0.2, 0) is 6.42 Å². The van der Waals surface area contributed by atoms with Crippen molar-refractivity contribution < 1.29 is 0 Å². The summed E-state index contributed by atoms with van der Waals surface area (Å²) < 4.78 is 0. The minimum atomic E-state index is 0.763. The summed E-state index contributed by atoms with van der Waals surface area (Å²) >= 11 is 0. The zero-order chi connectivity index (χ0) is 13.2. The van der Waals surface area contributed by atoms with Crippen molar-refractivity contribution in [3.63, 3.8) is 0 Å². The molecular weight excluding hydrogens is 232 g/mol. The highest BCUT2D eigenvalue weighted by Gasteiger charge is 2.18. The SMILES string of the molecule is Cc1[nH]c2ccccc2c1CCN1CCCCC1C. The summed E-state index contributed by atoms with van der Waals surface area (Å²) in [5.74, 6) is 0. The number of aryl methyl sites for hydroxylation is 1. The number of fused-ring (bicyclic) bond motifs is 1. The molecule has 0 aliphatic carbocycles. The molecular formula is C17H24N2. The second-order valence-corrected chi connectivity index (χ2v) is 5.90. The van der Waals surface area contributed by atoms with Crippen LogP contribution in [0.1, 0.15) is 37.4 Å².